The number of aromatic nitrogens is 4. The molecule has 0 amide bonds. The van der Waals surface area contributed by atoms with E-state index >= 15 is 70.2 Å². The van der Waals surface area contributed by atoms with Crippen molar-refractivity contribution in [2.24, 2.45) is 0 Å². The maximum atomic E-state index is 16.3. The van der Waals surface area contributed by atoms with Gasteiger partial charge in [0.15, 0.2) is 93.1 Å². The summed E-state index contributed by atoms with van der Waals surface area (Å²) in [5.74, 6) is -30.9. The minimum Gasteiger partial charge on any atom is -0.310 e. The lowest BCUT2D eigenvalue weighted by molar-refractivity contribution is 0.446. The highest BCUT2D eigenvalue weighted by Gasteiger charge is 2.35. The number of benzene rings is 13. The van der Waals surface area contributed by atoms with Crippen LogP contribution in [0.4, 0.5) is 104 Å². The van der Waals surface area contributed by atoms with Gasteiger partial charge in [-0.1, -0.05) is 72.8 Å². The number of para-hydroxylation sites is 4. The zero-order valence-corrected chi connectivity index (χ0v) is 54.0. The van der Waals surface area contributed by atoms with E-state index in [1.54, 1.807) is 107 Å². The fourth-order valence-corrected chi connectivity index (χ4v) is 14.7. The van der Waals surface area contributed by atoms with Gasteiger partial charge in [0.1, 0.15) is 69.3 Å². The van der Waals surface area contributed by atoms with E-state index in [0.29, 0.717) is 0 Å². The number of rotatable bonds is 10. The smallest absolute Gasteiger partial charge is 0.187 e. The fraction of sp³-hybridized carbons (Fsp3) is 0. The van der Waals surface area contributed by atoms with Gasteiger partial charge in [0.05, 0.1) is 44.1 Å². The summed E-state index contributed by atoms with van der Waals surface area (Å²) in [6.45, 7) is 0. The molecule has 108 heavy (non-hydrogen) atoms. The summed E-state index contributed by atoms with van der Waals surface area (Å²) in [6.07, 6.45) is 0. The molecular weight excluding hydrogens is 1430 g/mol. The summed E-state index contributed by atoms with van der Waals surface area (Å²) in [5.41, 5.74) is -9.41. The Morgan fingerprint density at radius 3 is 0.546 bits per heavy atom. The van der Waals surface area contributed by atoms with Crippen LogP contribution in [-0.2, 0) is 0 Å². The molecule has 0 aliphatic rings. The summed E-state index contributed by atoms with van der Waals surface area (Å²) in [4.78, 5) is 3.27. The standard InChI is InChI=1S/C82H32F16N10/c83-63-51(33-99)64(84)72(92)79(71(63)91)105-55-13-5-1-9-43(55)47-29-39(21-25-59(47)105)103(40-22-26-60-48(30-40)44-10-2-6-14-56(44)106(60)80-73(93)65(85)52(34-100)66(86)74(80)94)37-17-19-38(20-18-37)104(41-23-27-61-49(31-41)45-11-3-7-15-57(45)107(61)81-75(95)67(87)53(35-101)68(88)76(81)96)42-24-28-62-50(32-42)46-12-4-8-16-58(46)108(62)82-77(97)69(89)54(36-102)70(90)78(82)98/h1-32H. The predicted molar refractivity (Wildman–Crippen MR) is 371 cm³/mol. The molecule has 0 N–H and O–H groups in total. The maximum absolute atomic E-state index is 16.3. The first kappa shape index (κ1) is 66.7. The van der Waals surface area contributed by atoms with Gasteiger partial charge in [0.25, 0.3) is 0 Å². The Kier molecular flexibility index (Phi) is 15.2. The number of halogens is 16. The lowest BCUT2D eigenvalue weighted by Crippen LogP contribution is -2.13. The molecule has 4 aromatic heterocycles. The monoisotopic (exact) mass is 1460 g/mol. The Hall–Kier alpha value is -14.5. The zero-order chi connectivity index (χ0) is 75.5. The molecule has 26 heteroatoms. The van der Waals surface area contributed by atoms with Gasteiger partial charge in [-0.05, 0) is 121 Å². The molecule has 0 radical (unpaired) electrons. The molecule has 0 fully saturated rings. The van der Waals surface area contributed by atoms with Crippen LogP contribution in [0.25, 0.3) is 110 Å². The molecule has 0 aliphatic heterocycles. The van der Waals surface area contributed by atoms with E-state index in [-0.39, 0.29) is 121 Å². The van der Waals surface area contributed by atoms with Crippen molar-refractivity contribution in [2.75, 3.05) is 9.80 Å². The van der Waals surface area contributed by atoms with Crippen molar-refractivity contribution in [3.63, 3.8) is 0 Å². The fourth-order valence-electron chi connectivity index (χ4n) is 14.7. The molecule has 10 nitrogen and oxygen atoms in total. The number of nitriles is 4. The Bertz CT molecular complexity index is 6170. The topological polar surface area (TPSA) is 121 Å². The second kappa shape index (κ2) is 24.6. The van der Waals surface area contributed by atoms with Gasteiger partial charge in [-0.15, -0.1) is 0 Å². The summed E-state index contributed by atoms with van der Waals surface area (Å²) in [5, 5.41) is 39.9. The molecule has 0 atom stereocenters. The van der Waals surface area contributed by atoms with E-state index < -0.39 is 138 Å². The lowest BCUT2D eigenvalue weighted by Gasteiger charge is -2.29. The average molecular weight is 1460 g/mol. The van der Waals surface area contributed by atoms with Crippen molar-refractivity contribution >= 4 is 121 Å². The van der Waals surface area contributed by atoms with Crippen LogP contribution >= 0.6 is 0 Å². The number of nitrogens with zero attached hydrogens (tertiary/aromatic N) is 10. The van der Waals surface area contributed by atoms with Crippen LogP contribution in [0.5, 0.6) is 0 Å². The Morgan fingerprint density at radius 1 is 0.194 bits per heavy atom. The number of anilines is 6. The quantitative estimate of drug-likeness (QED) is 0.0993. The van der Waals surface area contributed by atoms with E-state index in [2.05, 4.69) is 0 Å². The van der Waals surface area contributed by atoms with Crippen LogP contribution < -0.4 is 9.80 Å². The molecule has 522 valence electrons. The van der Waals surface area contributed by atoms with Crippen molar-refractivity contribution in [3.8, 4) is 47.0 Å². The van der Waals surface area contributed by atoms with Gasteiger partial charge >= 0.3 is 0 Å². The maximum Gasteiger partial charge on any atom is 0.187 e. The summed E-state index contributed by atoms with van der Waals surface area (Å²) >= 11 is 0. The summed E-state index contributed by atoms with van der Waals surface area (Å²) in [7, 11) is 0. The van der Waals surface area contributed by atoms with Gasteiger partial charge in [0.2, 0.25) is 0 Å². The highest BCUT2D eigenvalue weighted by Crippen LogP contribution is 2.49. The molecule has 0 unspecified atom stereocenters. The second-order valence-corrected chi connectivity index (χ2v) is 24.8. The minimum absolute atomic E-state index is 0.0187. The summed E-state index contributed by atoms with van der Waals surface area (Å²) < 4.78 is 259. The number of fused-ring (bicyclic) bond motifs is 12. The molecule has 0 spiro atoms. The van der Waals surface area contributed by atoms with Crippen LogP contribution in [0, 0.1) is 138 Å². The average Bonchev–Trinajstić information content (AvgIpc) is 1.57. The van der Waals surface area contributed by atoms with Gasteiger partial charge < -0.3 is 28.1 Å². The van der Waals surface area contributed by atoms with E-state index in [1.807, 2.05) is 0 Å². The van der Waals surface area contributed by atoms with Gasteiger partial charge in [-0.3, -0.25) is 0 Å². The van der Waals surface area contributed by atoms with Crippen molar-refractivity contribution < 1.29 is 70.2 Å². The molecule has 0 bridgehead atoms. The predicted octanol–water partition coefficient (Wildman–Crippen LogP) is 22.7. The number of hydrogen-bond donors (Lipinski definition) is 0. The van der Waals surface area contributed by atoms with E-state index in [0.717, 1.165) is 42.5 Å². The third kappa shape index (κ3) is 9.32. The number of hydrogen-bond acceptors (Lipinski definition) is 6. The lowest BCUT2D eigenvalue weighted by atomic mass is 10.1. The Balaban J connectivity index is 0.909. The van der Waals surface area contributed by atoms with E-state index in [4.69, 9.17) is 0 Å². The Labute approximate surface area is 594 Å². The van der Waals surface area contributed by atoms with E-state index in [1.165, 1.54) is 97.1 Å². The molecule has 0 aliphatic carbocycles. The molecule has 0 saturated heterocycles. The molecule has 13 aromatic carbocycles. The molecule has 17 aromatic rings. The molecule has 17 rings (SSSR count). The first-order chi connectivity index (χ1) is 52.1. The van der Waals surface area contributed by atoms with Crippen LogP contribution in [0.1, 0.15) is 22.3 Å². The van der Waals surface area contributed by atoms with Gasteiger partial charge in [0, 0.05) is 77.2 Å². The van der Waals surface area contributed by atoms with Crippen molar-refractivity contribution in [1.82, 2.24) is 18.3 Å². The van der Waals surface area contributed by atoms with Crippen LogP contribution in [0.2, 0.25) is 0 Å². The third-order valence-electron chi connectivity index (χ3n) is 19.3. The summed E-state index contributed by atoms with van der Waals surface area (Å²) in [6, 6.07) is 52.9. The zero-order valence-electron chi connectivity index (χ0n) is 54.0. The van der Waals surface area contributed by atoms with Gasteiger partial charge in [-0.25, -0.2) is 70.2 Å². The van der Waals surface area contributed by atoms with Gasteiger partial charge in [-0.2, -0.15) is 21.0 Å². The minimum atomic E-state index is -1.97. The Morgan fingerprint density at radius 2 is 0.361 bits per heavy atom. The van der Waals surface area contributed by atoms with Crippen LogP contribution in [0.3, 0.4) is 0 Å². The molecule has 0 saturated carbocycles. The molecular formula is C82H32F16N10. The largest absolute Gasteiger partial charge is 0.310 e. The molecule has 4 heterocycles. The van der Waals surface area contributed by atoms with E-state index in [9.17, 15) is 21.0 Å². The van der Waals surface area contributed by atoms with Crippen molar-refractivity contribution in [1.29, 1.82) is 21.0 Å². The first-order valence-electron chi connectivity index (χ1n) is 32.0. The third-order valence-corrected chi connectivity index (χ3v) is 19.3. The van der Waals surface area contributed by atoms with Crippen molar-refractivity contribution in [2.45, 2.75) is 0 Å². The highest BCUT2D eigenvalue weighted by atomic mass is 19.2. The second-order valence-electron chi connectivity index (χ2n) is 24.8. The van der Waals surface area contributed by atoms with Crippen LogP contribution in [0.15, 0.2) is 194 Å². The first-order valence-corrected chi connectivity index (χ1v) is 32.0. The van der Waals surface area contributed by atoms with Crippen LogP contribution in [-0.4, -0.2) is 18.3 Å². The normalized spacial score (nSPS) is 11.7. The SMILES string of the molecule is N#Cc1c(F)c(F)c(-n2c3ccccc3c3cc(N(c4ccc(N(c5ccc6c(c5)c5ccccc5n6-c5c(F)c(F)c(C#N)c(F)c5F)c5ccc6c(c5)c5ccccc5n6-c5c(F)c(F)c(C#N)c(F)c5F)cc4)c4ccc5c(c4)c4ccccc4n5-c4c(F)c(F)c(C#N)c(F)c4F)ccc32)c(F)c1F. The van der Waals surface area contributed by atoms with Crippen molar-refractivity contribution in [3.05, 3.63) is 309 Å². The highest BCUT2D eigenvalue weighted by molar-refractivity contribution is 6.15.